The Hall–Kier alpha value is -2.62. The molecule has 2 aliphatic rings. The molecular weight excluding hydrogens is 336 g/mol. The van der Waals surface area contributed by atoms with Gasteiger partial charge in [-0.3, -0.25) is 9.59 Å². The Morgan fingerprint density at radius 3 is 2.41 bits per heavy atom. The van der Waals surface area contributed by atoms with Crippen molar-refractivity contribution in [3.63, 3.8) is 0 Å². The predicted octanol–water partition coefficient (Wildman–Crippen LogP) is 4.01. The van der Waals surface area contributed by atoms with Crippen molar-refractivity contribution in [2.45, 2.75) is 44.6 Å². The van der Waals surface area contributed by atoms with Crippen LogP contribution in [0.4, 0.5) is 5.69 Å². The van der Waals surface area contributed by atoms with E-state index in [1.54, 1.807) is 0 Å². The first-order valence-corrected chi connectivity index (χ1v) is 9.98. The zero-order valence-electron chi connectivity index (χ0n) is 15.6. The molecule has 0 saturated heterocycles. The number of carbonyl (C=O) groups excluding carboxylic acids is 2. The van der Waals surface area contributed by atoms with E-state index in [1.807, 2.05) is 53.4 Å². The van der Waals surface area contributed by atoms with Gasteiger partial charge in [0.2, 0.25) is 5.91 Å². The fraction of sp³-hybridized carbons (Fsp3) is 0.391. The van der Waals surface area contributed by atoms with Crippen LogP contribution in [0.5, 0.6) is 0 Å². The highest BCUT2D eigenvalue weighted by molar-refractivity contribution is 6.00. The van der Waals surface area contributed by atoms with Crippen LogP contribution < -0.4 is 10.2 Å². The van der Waals surface area contributed by atoms with Crippen molar-refractivity contribution < 1.29 is 9.59 Å². The molecule has 0 spiro atoms. The Morgan fingerprint density at radius 2 is 1.63 bits per heavy atom. The van der Waals surface area contributed by atoms with Crippen molar-refractivity contribution in [1.82, 2.24) is 5.32 Å². The standard InChI is InChI=1S/C23H26N2O2/c26-22(19-12-4-5-13-19)24-21(18-10-2-1-3-11-18)23(27)25-16-8-14-17-9-6-7-15-20(17)25/h1-3,6-7,9-11,15,19,21H,4-5,8,12-14,16H2,(H,24,26)/t21-/m1/s1. The van der Waals surface area contributed by atoms with Crippen LogP contribution in [0.2, 0.25) is 0 Å². The first-order valence-electron chi connectivity index (χ1n) is 9.98. The SMILES string of the molecule is O=C(N[C@@H](C(=O)N1CCCc2ccccc21)c1ccccc1)C1CCCC1. The van der Waals surface area contributed by atoms with Gasteiger partial charge in [0.15, 0.2) is 0 Å². The van der Waals surface area contributed by atoms with Crippen LogP contribution >= 0.6 is 0 Å². The minimum Gasteiger partial charge on any atom is -0.340 e. The summed E-state index contributed by atoms with van der Waals surface area (Å²) in [6.07, 6.45) is 5.98. The van der Waals surface area contributed by atoms with Gasteiger partial charge in [0.05, 0.1) is 0 Å². The molecule has 140 valence electrons. The van der Waals surface area contributed by atoms with Gasteiger partial charge in [-0.05, 0) is 42.9 Å². The predicted molar refractivity (Wildman–Crippen MR) is 106 cm³/mol. The number of hydrogen-bond donors (Lipinski definition) is 1. The molecule has 0 radical (unpaired) electrons. The summed E-state index contributed by atoms with van der Waals surface area (Å²) < 4.78 is 0. The van der Waals surface area contributed by atoms with Gasteiger partial charge in [-0.15, -0.1) is 0 Å². The number of hydrogen-bond acceptors (Lipinski definition) is 2. The van der Waals surface area contributed by atoms with E-state index in [0.29, 0.717) is 6.54 Å². The molecule has 0 bridgehead atoms. The van der Waals surface area contributed by atoms with Gasteiger partial charge in [-0.1, -0.05) is 61.4 Å². The lowest BCUT2D eigenvalue weighted by atomic mass is 9.98. The number of aryl methyl sites for hydroxylation is 1. The number of nitrogens with zero attached hydrogens (tertiary/aromatic N) is 1. The third-order valence-corrected chi connectivity index (χ3v) is 5.77. The molecule has 4 nitrogen and oxygen atoms in total. The monoisotopic (exact) mass is 362 g/mol. The number of amides is 2. The highest BCUT2D eigenvalue weighted by Crippen LogP contribution is 2.30. The van der Waals surface area contributed by atoms with Gasteiger partial charge < -0.3 is 10.2 Å². The summed E-state index contributed by atoms with van der Waals surface area (Å²) in [7, 11) is 0. The van der Waals surface area contributed by atoms with E-state index in [0.717, 1.165) is 49.8 Å². The lowest BCUT2D eigenvalue weighted by Crippen LogP contribution is -2.46. The van der Waals surface area contributed by atoms with Gasteiger partial charge in [0, 0.05) is 18.2 Å². The summed E-state index contributed by atoms with van der Waals surface area (Å²) >= 11 is 0. The third kappa shape index (κ3) is 3.75. The summed E-state index contributed by atoms with van der Waals surface area (Å²) in [5.41, 5.74) is 3.02. The maximum atomic E-state index is 13.5. The second-order valence-corrected chi connectivity index (χ2v) is 7.56. The van der Waals surface area contributed by atoms with E-state index in [4.69, 9.17) is 0 Å². The Bertz CT molecular complexity index is 812. The summed E-state index contributed by atoms with van der Waals surface area (Å²) in [6.45, 7) is 0.693. The average Bonchev–Trinajstić information content (AvgIpc) is 3.27. The van der Waals surface area contributed by atoms with Crippen LogP contribution in [0, 0.1) is 5.92 Å². The van der Waals surface area contributed by atoms with Gasteiger partial charge in [0.1, 0.15) is 6.04 Å². The van der Waals surface area contributed by atoms with Gasteiger partial charge in [0.25, 0.3) is 5.91 Å². The first-order chi connectivity index (χ1) is 13.2. The van der Waals surface area contributed by atoms with Gasteiger partial charge >= 0.3 is 0 Å². The molecular formula is C23H26N2O2. The fourth-order valence-corrected chi connectivity index (χ4v) is 4.30. The Balaban J connectivity index is 1.62. The summed E-state index contributed by atoms with van der Waals surface area (Å²) in [4.78, 5) is 28.2. The van der Waals surface area contributed by atoms with E-state index < -0.39 is 6.04 Å². The average molecular weight is 362 g/mol. The van der Waals surface area contributed by atoms with E-state index in [-0.39, 0.29) is 17.7 Å². The third-order valence-electron chi connectivity index (χ3n) is 5.77. The summed E-state index contributed by atoms with van der Waals surface area (Å²) in [5, 5.41) is 3.07. The lowest BCUT2D eigenvalue weighted by molar-refractivity contribution is -0.130. The molecule has 2 aromatic rings. The summed E-state index contributed by atoms with van der Waals surface area (Å²) in [6, 6.07) is 17.1. The van der Waals surface area contributed by atoms with Crippen molar-refractivity contribution >= 4 is 17.5 Å². The molecule has 4 rings (SSSR count). The lowest BCUT2D eigenvalue weighted by Gasteiger charge is -2.33. The molecule has 1 aliphatic carbocycles. The normalized spacial score (nSPS) is 18.0. The highest BCUT2D eigenvalue weighted by atomic mass is 16.2. The van der Waals surface area contributed by atoms with Crippen molar-refractivity contribution in [2.24, 2.45) is 5.92 Å². The largest absolute Gasteiger partial charge is 0.340 e. The topological polar surface area (TPSA) is 49.4 Å². The smallest absolute Gasteiger partial charge is 0.254 e. The molecule has 1 aliphatic heterocycles. The number of para-hydroxylation sites is 1. The van der Waals surface area contributed by atoms with Crippen LogP contribution in [0.15, 0.2) is 54.6 Å². The van der Waals surface area contributed by atoms with E-state index >= 15 is 0 Å². The van der Waals surface area contributed by atoms with Gasteiger partial charge in [-0.25, -0.2) is 0 Å². The Morgan fingerprint density at radius 1 is 0.926 bits per heavy atom. The van der Waals surface area contributed by atoms with Crippen LogP contribution in [0.25, 0.3) is 0 Å². The highest BCUT2D eigenvalue weighted by Gasteiger charge is 2.33. The second-order valence-electron chi connectivity index (χ2n) is 7.56. The van der Waals surface area contributed by atoms with Crippen molar-refractivity contribution in [3.05, 3.63) is 65.7 Å². The molecule has 0 aromatic heterocycles. The number of rotatable bonds is 4. The first kappa shape index (κ1) is 17.8. The van der Waals surface area contributed by atoms with Crippen molar-refractivity contribution in [2.75, 3.05) is 11.4 Å². The number of carbonyl (C=O) groups is 2. The number of nitrogens with one attached hydrogen (secondary N) is 1. The molecule has 1 heterocycles. The quantitative estimate of drug-likeness (QED) is 0.893. The maximum Gasteiger partial charge on any atom is 0.254 e. The van der Waals surface area contributed by atoms with E-state index in [2.05, 4.69) is 11.4 Å². The fourth-order valence-electron chi connectivity index (χ4n) is 4.30. The van der Waals surface area contributed by atoms with Crippen LogP contribution in [0.3, 0.4) is 0 Å². The maximum absolute atomic E-state index is 13.5. The van der Waals surface area contributed by atoms with E-state index in [9.17, 15) is 9.59 Å². The zero-order valence-corrected chi connectivity index (χ0v) is 15.6. The molecule has 1 N–H and O–H groups in total. The van der Waals surface area contributed by atoms with Crippen LogP contribution in [-0.4, -0.2) is 18.4 Å². The molecule has 0 unspecified atom stereocenters. The molecule has 1 fully saturated rings. The second kappa shape index (κ2) is 7.95. The molecule has 1 saturated carbocycles. The van der Waals surface area contributed by atoms with Crippen LogP contribution in [0.1, 0.15) is 49.3 Å². The molecule has 4 heteroatoms. The van der Waals surface area contributed by atoms with Gasteiger partial charge in [-0.2, -0.15) is 0 Å². The molecule has 27 heavy (non-hydrogen) atoms. The summed E-state index contributed by atoms with van der Waals surface area (Å²) in [5.74, 6) is 0.0114. The Labute approximate surface area is 160 Å². The van der Waals surface area contributed by atoms with E-state index in [1.165, 1.54) is 5.56 Å². The minimum atomic E-state index is -0.634. The van der Waals surface area contributed by atoms with Crippen molar-refractivity contribution in [3.8, 4) is 0 Å². The van der Waals surface area contributed by atoms with Crippen LogP contribution in [-0.2, 0) is 16.0 Å². The minimum absolute atomic E-state index is 0.0139. The van der Waals surface area contributed by atoms with Crippen molar-refractivity contribution in [1.29, 1.82) is 0 Å². The Kier molecular flexibility index (Phi) is 5.23. The zero-order chi connectivity index (χ0) is 18.6. The molecule has 2 amide bonds. The number of benzene rings is 2. The number of fused-ring (bicyclic) bond motifs is 1. The molecule has 2 aromatic carbocycles. The number of anilines is 1. The molecule has 1 atom stereocenters.